The lowest BCUT2D eigenvalue weighted by Crippen LogP contribution is -2.49. The van der Waals surface area contributed by atoms with E-state index in [1.165, 1.54) is 33.9 Å². The van der Waals surface area contributed by atoms with Crippen molar-refractivity contribution in [1.29, 1.82) is 0 Å². The second-order valence-electron chi connectivity index (χ2n) is 7.65. The lowest BCUT2D eigenvalue weighted by Gasteiger charge is -2.36. The Labute approximate surface area is 200 Å². The molecule has 1 amide bonds. The lowest BCUT2D eigenvalue weighted by atomic mass is 10.2. The number of carbonyl (C=O) groups is 1. The van der Waals surface area contributed by atoms with Gasteiger partial charge in [-0.2, -0.15) is 17.0 Å². The number of nitrogens with zero attached hydrogens (tertiary/aromatic N) is 3. The molecule has 11 nitrogen and oxygen atoms in total. The Bertz CT molecular complexity index is 1360. The van der Waals surface area contributed by atoms with Crippen LogP contribution in [0.25, 0.3) is 0 Å². The highest BCUT2D eigenvalue weighted by atomic mass is 35.5. The summed E-state index contributed by atoms with van der Waals surface area (Å²) >= 11 is 5.79. The van der Waals surface area contributed by atoms with E-state index in [4.69, 9.17) is 21.4 Å². The number of anilines is 2. The third-order valence-corrected chi connectivity index (χ3v) is 9.43. The lowest BCUT2D eigenvalue weighted by molar-refractivity contribution is 0.172. The van der Waals surface area contributed by atoms with Crippen LogP contribution in [0.15, 0.2) is 41.3 Å². The highest BCUT2D eigenvalue weighted by molar-refractivity contribution is 7.92. The van der Waals surface area contributed by atoms with E-state index in [0.717, 1.165) is 22.5 Å². The number of carboxylic acid groups (broad SMARTS) is 1. The van der Waals surface area contributed by atoms with Gasteiger partial charge in [0.05, 0.1) is 28.7 Å². The van der Waals surface area contributed by atoms with Crippen LogP contribution in [0, 0.1) is 5.82 Å². The number of likely N-dealkylation sites (N-methyl/N-ethyl adjacent to an activating group) is 1. The monoisotopic (exact) mass is 534 g/mol. The first-order chi connectivity index (χ1) is 15.9. The van der Waals surface area contributed by atoms with Crippen LogP contribution in [-0.2, 0) is 20.2 Å². The van der Waals surface area contributed by atoms with Gasteiger partial charge in [0.25, 0.3) is 20.2 Å². The van der Waals surface area contributed by atoms with Crippen LogP contribution in [0.1, 0.15) is 0 Å². The van der Waals surface area contributed by atoms with E-state index in [1.807, 2.05) is 0 Å². The zero-order valence-electron chi connectivity index (χ0n) is 17.7. The quantitative estimate of drug-likeness (QED) is 0.598. The molecule has 0 saturated carbocycles. The molecule has 1 saturated heterocycles. The summed E-state index contributed by atoms with van der Waals surface area (Å²) in [4.78, 5) is 10.8. The van der Waals surface area contributed by atoms with Gasteiger partial charge in [0.15, 0.2) is 0 Å². The van der Waals surface area contributed by atoms with Crippen LogP contribution in [0.5, 0.6) is 5.75 Å². The summed E-state index contributed by atoms with van der Waals surface area (Å²) in [5, 5.41) is 10.8. The number of ether oxygens (including phenoxy) is 1. The summed E-state index contributed by atoms with van der Waals surface area (Å²) in [6.07, 6.45) is -2.23. The zero-order valence-corrected chi connectivity index (χ0v) is 20.1. The van der Waals surface area contributed by atoms with E-state index in [9.17, 15) is 26.0 Å². The summed E-state index contributed by atoms with van der Waals surface area (Å²) in [6, 6.07) is 6.99. The maximum Gasteiger partial charge on any atom is 0.409 e. The Kier molecular flexibility index (Phi) is 6.37. The van der Waals surface area contributed by atoms with E-state index in [1.54, 1.807) is 0 Å². The van der Waals surface area contributed by atoms with Gasteiger partial charge in [-0.15, -0.1) is 0 Å². The molecule has 184 valence electrons. The number of benzene rings is 2. The van der Waals surface area contributed by atoms with Crippen molar-refractivity contribution >= 4 is 49.3 Å². The van der Waals surface area contributed by atoms with E-state index < -0.39 is 43.3 Å². The molecule has 15 heteroatoms. The highest BCUT2D eigenvalue weighted by Gasteiger charge is 2.40. The summed E-state index contributed by atoms with van der Waals surface area (Å²) in [7, 11) is -6.57. The van der Waals surface area contributed by atoms with Crippen molar-refractivity contribution in [1.82, 2.24) is 8.61 Å². The van der Waals surface area contributed by atoms with Crippen molar-refractivity contribution in [3.63, 3.8) is 0 Å². The molecule has 4 rings (SSSR count). The summed E-state index contributed by atoms with van der Waals surface area (Å²) in [5.74, 6) is -0.689. The van der Waals surface area contributed by atoms with Crippen LogP contribution in [0.2, 0.25) is 5.02 Å². The van der Waals surface area contributed by atoms with Gasteiger partial charge in [0.2, 0.25) is 0 Å². The molecule has 2 aliphatic rings. The smallest absolute Gasteiger partial charge is 0.409 e. The Morgan fingerprint density at radius 2 is 2.00 bits per heavy atom. The molecule has 34 heavy (non-hydrogen) atoms. The molecule has 1 unspecified atom stereocenters. The van der Waals surface area contributed by atoms with Crippen molar-refractivity contribution in [2.45, 2.75) is 11.0 Å². The van der Waals surface area contributed by atoms with Gasteiger partial charge in [-0.1, -0.05) is 11.6 Å². The van der Waals surface area contributed by atoms with Crippen LogP contribution in [-0.4, -0.2) is 76.0 Å². The third-order valence-electron chi connectivity index (χ3n) is 5.41. The van der Waals surface area contributed by atoms with Crippen molar-refractivity contribution in [3.05, 3.63) is 47.2 Å². The molecule has 2 N–H and O–H groups in total. The highest BCUT2D eigenvalue weighted by Crippen LogP contribution is 2.39. The molecular formula is C19H20ClFN4O7S2. The van der Waals surface area contributed by atoms with E-state index in [-0.39, 0.29) is 48.2 Å². The fourth-order valence-corrected chi connectivity index (χ4v) is 6.84. The summed E-state index contributed by atoms with van der Waals surface area (Å²) in [6.45, 7) is 0.104. The van der Waals surface area contributed by atoms with Gasteiger partial charge in [0, 0.05) is 25.8 Å². The van der Waals surface area contributed by atoms with Gasteiger partial charge in [-0.05, 0) is 36.4 Å². The number of hydrogen-bond donors (Lipinski definition) is 2. The van der Waals surface area contributed by atoms with Gasteiger partial charge in [0.1, 0.15) is 17.7 Å². The molecule has 0 radical (unpaired) electrons. The minimum atomic E-state index is -4.32. The molecule has 2 aliphatic heterocycles. The summed E-state index contributed by atoms with van der Waals surface area (Å²) in [5.41, 5.74) is 0.124. The number of amides is 1. The Morgan fingerprint density at radius 3 is 2.62 bits per heavy atom. The zero-order chi connectivity index (χ0) is 24.8. The van der Waals surface area contributed by atoms with Crippen molar-refractivity contribution in [2.24, 2.45) is 0 Å². The molecule has 2 aromatic carbocycles. The number of halogens is 2. The number of nitrogens with one attached hydrogen (secondary N) is 1. The molecule has 2 aromatic rings. The average Bonchev–Trinajstić information content (AvgIpc) is 3.01. The molecular weight excluding hydrogens is 515 g/mol. The van der Waals surface area contributed by atoms with Gasteiger partial charge < -0.3 is 9.84 Å². The Balaban J connectivity index is 1.74. The summed E-state index contributed by atoms with van der Waals surface area (Å²) < 4.78 is 74.9. The predicted octanol–water partition coefficient (Wildman–Crippen LogP) is 2.02. The first-order valence-corrected chi connectivity index (χ1v) is 13.1. The Hall–Kier alpha value is -2.65. The number of hydrogen-bond acceptors (Lipinski definition) is 6. The fourth-order valence-electron chi connectivity index (χ4n) is 3.69. The van der Waals surface area contributed by atoms with Crippen LogP contribution >= 0.6 is 11.6 Å². The van der Waals surface area contributed by atoms with E-state index in [0.29, 0.717) is 0 Å². The van der Waals surface area contributed by atoms with Crippen LogP contribution in [0.3, 0.4) is 0 Å². The third kappa shape index (κ3) is 4.51. The second kappa shape index (κ2) is 8.85. The molecule has 0 bridgehead atoms. The van der Waals surface area contributed by atoms with E-state index in [2.05, 4.69) is 5.32 Å². The van der Waals surface area contributed by atoms with E-state index >= 15 is 0 Å². The number of sulfonamides is 1. The van der Waals surface area contributed by atoms with Crippen molar-refractivity contribution < 1.29 is 35.9 Å². The Morgan fingerprint density at radius 1 is 1.26 bits per heavy atom. The fraction of sp³-hybridized carbons (Fsp3) is 0.316. The maximum absolute atomic E-state index is 13.6. The molecule has 0 spiro atoms. The first-order valence-electron chi connectivity index (χ1n) is 9.89. The number of fused-ring (bicyclic) bond motifs is 1. The van der Waals surface area contributed by atoms with Gasteiger partial charge in [-0.25, -0.2) is 17.6 Å². The normalized spacial score (nSPS) is 20.6. The molecule has 1 fully saturated rings. The largest absolute Gasteiger partial charge is 0.485 e. The minimum absolute atomic E-state index is 0.0318. The van der Waals surface area contributed by atoms with Crippen molar-refractivity contribution in [3.8, 4) is 5.75 Å². The molecule has 0 aliphatic carbocycles. The standard InChI is InChI=1S/C19H20ClFN4O7S2/c1-23-6-7-24(34(23,30)31)10-13-11-25(33(28,29)14-3-4-16(21)15(20)9-14)17-8-12(22-19(26)27)2-5-18(17)32-13/h2-5,8-9,13,22H,6-7,10-11H2,1H3,(H,26,27). The van der Waals surface area contributed by atoms with Gasteiger partial charge >= 0.3 is 6.09 Å². The SMILES string of the molecule is CN1CCN(CC2CN(S(=O)(=O)c3ccc(F)c(Cl)c3)c3cc(NC(=O)O)ccc3O2)S1(=O)=O. The second-order valence-corrected chi connectivity index (χ2v) is 12.0. The first kappa shape index (κ1) is 24.5. The van der Waals surface area contributed by atoms with Crippen molar-refractivity contribution in [2.75, 3.05) is 42.8 Å². The average molecular weight is 535 g/mol. The molecule has 2 heterocycles. The van der Waals surface area contributed by atoms with Crippen LogP contribution < -0.4 is 14.4 Å². The maximum atomic E-state index is 13.6. The minimum Gasteiger partial charge on any atom is -0.485 e. The molecule has 0 aromatic heterocycles. The van der Waals surface area contributed by atoms with Crippen LogP contribution in [0.4, 0.5) is 20.6 Å². The predicted molar refractivity (Wildman–Crippen MR) is 122 cm³/mol. The topological polar surface area (TPSA) is 137 Å². The molecule has 1 atom stereocenters. The van der Waals surface area contributed by atoms with Gasteiger partial charge in [-0.3, -0.25) is 9.62 Å². The number of rotatable bonds is 5.